The van der Waals surface area contributed by atoms with Gasteiger partial charge in [-0.1, -0.05) is 35.5 Å². The highest BCUT2D eigenvalue weighted by atomic mass is 32.2. The van der Waals surface area contributed by atoms with Gasteiger partial charge in [0.25, 0.3) is 5.91 Å². The van der Waals surface area contributed by atoms with Gasteiger partial charge in [-0.3, -0.25) is 4.79 Å². The minimum atomic E-state index is -3.35. The molecule has 4 rings (SSSR count). The Kier molecular flexibility index (Phi) is 4.49. The van der Waals surface area contributed by atoms with Crippen molar-refractivity contribution in [1.82, 2.24) is 24.6 Å². The van der Waals surface area contributed by atoms with Crippen LogP contribution in [0.1, 0.15) is 34.9 Å². The second kappa shape index (κ2) is 6.81. The maximum absolute atomic E-state index is 12.4. The molecule has 1 aliphatic carbocycles. The lowest BCUT2D eigenvalue weighted by Gasteiger charge is -2.37. The second-order valence-electron chi connectivity index (χ2n) is 6.95. The molecule has 0 bridgehead atoms. The molecule has 0 atom stereocenters. The van der Waals surface area contributed by atoms with Crippen LogP contribution >= 0.6 is 0 Å². The Morgan fingerprint density at radius 3 is 2.62 bits per heavy atom. The summed E-state index contributed by atoms with van der Waals surface area (Å²) in [5.41, 5.74) is 1.04. The molecule has 1 aromatic heterocycles. The van der Waals surface area contributed by atoms with Gasteiger partial charge in [0.05, 0.1) is 18.0 Å². The number of amides is 1. The van der Waals surface area contributed by atoms with Gasteiger partial charge < -0.3 is 5.32 Å². The van der Waals surface area contributed by atoms with Crippen LogP contribution in [0, 0.1) is 5.92 Å². The monoisotopic (exact) mass is 375 g/mol. The average molecular weight is 375 g/mol. The van der Waals surface area contributed by atoms with Crippen molar-refractivity contribution in [1.29, 1.82) is 0 Å². The Morgan fingerprint density at radius 1 is 1.19 bits per heavy atom. The molecule has 1 saturated carbocycles. The van der Waals surface area contributed by atoms with E-state index in [1.54, 1.807) is 23.0 Å². The zero-order valence-corrected chi connectivity index (χ0v) is 15.1. The summed E-state index contributed by atoms with van der Waals surface area (Å²) in [5, 5.41) is 10.7. The van der Waals surface area contributed by atoms with Gasteiger partial charge in [-0.2, -0.15) is 4.31 Å². The van der Waals surface area contributed by atoms with Crippen LogP contribution in [0.25, 0.3) is 0 Å². The largest absolute Gasteiger partial charge is 0.350 e. The number of carbonyl (C=O) groups excluding carboxylic acids is 1. The molecule has 1 saturated heterocycles. The number of rotatable bonds is 7. The van der Waals surface area contributed by atoms with Crippen molar-refractivity contribution in [3.05, 3.63) is 47.8 Å². The fourth-order valence-corrected chi connectivity index (χ4v) is 4.49. The number of sulfonamides is 1. The van der Waals surface area contributed by atoms with E-state index in [1.165, 1.54) is 17.1 Å². The van der Waals surface area contributed by atoms with Gasteiger partial charge in [0.1, 0.15) is 0 Å². The van der Waals surface area contributed by atoms with E-state index in [1.807, 2.05) is 18.2 Å². The molecule has 2 aliphatic rings. The standard InChI is InChI=1S/C17H21N5O3S/c23-17(18-8-13-6-7-13)16-11-22(20-19-16)15-9-21(10-15)26(24,25)12-14-4-2-1-3-5-14/h1-5,11,13,15H,6-10,12H2,(H,18,23). The predicted molar refractivity (Wildman–Crippen MR) is 94.8 cm³/mol. The van der Waals surface area contributed by atoms with Crippen LogP contribution in [0.5, 0.6) is 0 Å². The SMILES string of the molecule is O=C(NCC1CC1)c1cn(C2CN(S(=O)(=O)Cc3ccccc3)C2)nn1. The minimum absolute atomic E-state index is 0.00720. The van der Waals surface area contributed by atoms with Crippen LogP contribution in [0.2, 0.25) is 0 Å². The van der Waals surface area contributed by atoms with Crippen molar-refractivity contribution >= 4 is 15.9 Å². The third-order valence-electron chi connectivity index (χ3n) is 4.78. The predicted octanol–water partition coefficient (Wildman–Crippen LogP) is 0.805. The van der Waals surface area contributed by atoms with Crippen LogP contribution in [0.3, 0.4) is 0 Å². The molecular formula is C17H21N5O3S. The van der Waals surface area contributed by atoms with Gasteiger partial charge in [0.15, 0.2) is 5.69 Å². The number of nitrogens with zero attached hydrogens (tertiary/aromatic N) is 4. The van der Waals surface area contributed by atoms with Gasteiger partial charge >= 0.3 is 0 Å². The summed E-state index contributed by atoms with van der Waals surface area (Å²) in [6, 6.07) is 9.04. The van der Waals surface area contributed by atoms with E-state index < -0.39 is 10.0 Å². The molecule has 2 aromatic rings. The normalized spacial score (nSPS) is 18.5. The lowest BCUT2D eigenvalue weighted by Crippen LogP contribution is -2.51. The number of benzene rings is 1. The molecule has 1 aromatic carbocycles. The fourth-order valence-electron chi connectivity index (χ4n) is 2.90. The number of nitrogens with one attached hydrogen (secondary N) is 1. The van der Waals surface area contributed by atoms with E-state index in [0.29, 0.717) is 25.6 Å². The first-order valence-electron chi connectivity index (χ1n) is 8.73. The second-order valence-corrected chi connectivity index (χ2v) is 8.92. The smallest absolute Gasteiger partial charge is 0.273 e. The third kappa shape index (κ3) is 3.78. The quantitative estimate of drug-likeness (QED) is 0.772. The van der Waals surface area contributed by atoms with E-state index in [0.717, 1.165) is 5.56 Å². The van der Waals surface area contributed by atoms with E-state index in [4.69, 9.17) is 0 Å². The molecule has 138 valence electrons. The van der Waals surface area contributed by atoms with Gasteiger partial charge in [0, 0.05) is 19.6 Å². The molecule has 0 spiro atoms. The Morgan fingerprint density at radius 2 is 1.92 bits per heavy atom. The van der Waals surface area contributed by atoms with Crippen molar-refractivity contribution in [2.45, 2.75) is 24.6 Å². The number of hydrogen-bond donors (Lipinski definition) is 1. The molecule has 0 unspecified atom stereocenters. The molecule has 2 heterocycles. The molecule has 1 amide bonds. The third-order valence-corrected chi connectivity index (χ3v) is 6.56. The average Bonchev–Trinajstić information content (AvgIpc) is 3.28. The van der Waals surface area contributed by atoms with Crippen LogP contribution in [0.4, 0.5) is 0 Å². The van der Waals surface area contributed by atoms with E-state index >= 15 is 0 Å². The van der Waals surface area contributed by atoms with Gasteiger partial charge in [-0.05, 0) is 24.3 Å². The summed E-state index contributed by atoms with van der Waals surface area (Å²) >= 11 is 0. The van der Waals surface area contributed by atoms with Crippen molar-refractivity contribution in [3.8, 4) is 0 Å². The van der Waals surface area contributed by atoms with Crippen LogP contribution < -0.4 is 5.32 Å². The van der Waals surface area contributed by atoms with Crippen molar-refractivity contribution in [2.24, 2.45) is 5.92 Å². The summed E-state index contributed by atoms with van der Waals surface area (Å²) in [6.45, 7) is 1.38. The number of carbonyl (C=O) groups is 1. The first-order valence-corrected chi connectivity index (χ1v) is 10.3. The maximum atomic E-state index is 12.4. The Labute approximate surface area is 152 Å². The van der Waals surface area contributed by atoms with Crippen molar-refractivity contribution in [3.63, 3.8) is 0 Å². The first kappa shape index (κ1) is 17.2. The summed E-state index contributed by atoms with van der Waals surface area (Å²) in [4.78, 5) is 12.0. The Bertz CT molecular complexity index is 886. The molecular weight excluding hydrogens is 354 g/mol. The fraction of sp³-hybridized carbons (Fsp3) is 0.471. The zero-order valence-electron chi connectivity index (χ0n) is 14.3. The summed E-state index contributed by atoms with van der Waals surface area (Å²) in [5.74, 6) is 0.368. The summed E-state index contributed by atoms with van der Waals surface area (Å²) in [7, 11) is -3.35. The van der Waals surface area contributed by atoms with E-state index in [-0.39, 0.29) is 23.4 Å². The zero-order chi connectivity index (χ0) is 18.1. The van der Waals surface area contributed by atoms with Crippen LogP contribution in [-0.4, -0.2) is 53.3 Å². The minimum Gasteiger partial charge on any atom is -0.350 e. The van der Waals surface area contributed by atoms with Crippen LogP contribution in [-0.2, 0) is 15.8 Å². The molecule has 8 nitrogen and oxygen atoms in total. The van der Waals surface area contributed by atoms with Crippen molar-refractivity contribution < 1.29 is 13.2 Å². The highest BCUT2D eigenvalue weighted by Crippen LogP contribution is 2.28. The maximum Gasteiger partial charge on any atom is 0.273 e. The van der Waals surface area contributed by atoms with E-state index in [9.17, 15) is 13.2 Å². The van der Waals surface area contributed by atoms with Gasteiger partial charge in [0.2, 0.25) is 10.0 Å². The highest BCUT2D eigenvalue weighted by molar-refractivity contribution is 7.88. The van der Waals surface area contributed by atoms with E-state index in [2.05, 4.69) is 15.6 Å². The molecule has 9 heteroatoms. The Hall–Kier alpha value is -2.26. The summed E-state index contributed by atoms with van der Waals surface area (Å²) in [6.07, 6.45) is 3.93. The Balaban J connectivity index is 1.32. The first-order chi connectivity index (χ1) is 12.5. The van der Waals surface area contributed by atoms with Gasteiger partial charge in [-0.15, -0.1) is 5.10 Å². The lowest BCUT2D eigenvalue weighted by molar-refractivity contribution is 0.0946. The highest BCUT2D eigenvalue weighted by Gasteiger charge is 2.37. The molecule has 26 heavy (non-hydrogen) atoms. The molecule has 1 N–H and O–H groups in total. The number of hydrogen-bond acceptors (Lipinski definition) is 5. The topological polar surface area (TPSA) is 97.2 Å². The van der Waals surface area contributed by atoms with Crippen LogP contribution in [0.15, 0.2) is 36.5 Å². The summed E-state index contributed by atoms with van der Waals surface area (Å²) < 4.78 is 27.9. The van der Waals surface area contributed by atoms with Crippen molar-refractivity contribution in [2.75, 3.05) is 19.6 Å². The molecule has 0 radical (unpaired) electrons. The molecule has 1 aliphatic heterocycles. The molecule has 2 fully saturated rings. The number of aromatic nitrogens is 3. The van der Waals surface area contributed by atoms with Gasteiger partial charge in [-0.25, -0.2) is 13.1 Å². The lowest BCUT2D eigenvalue weighted by atomic mass is 10.2.